The molecular formula is C20H11ClN4O2. The Hall–Kier alpha value is -3.69. The number of hydrogen-bond donors (Lipinski definition) is 1. The number of hydrogen-bond acceptors (Lipinski definition) is 4. The van der Waals surface area contributed by atoms with E-state index in [4.69, 9.17) is 11.6 Å². The average Bonchev–Trinajstić information content (AvgIpc) is 2.70. The first-order valence-corrected chi connectivity index (χ1v) is 8.38. The number of nitrogens with one attached hydrogen (secondary N) is 1. The summed E-state index contributed by atoms with van der Waals surface area (Å²) in [5.74, 6) is 0. The second-order valence-corrected chi connectivity index (χ2v) is 6.26. The molecule has 4 aromatic rings. The fourth-order valence-corrected chi connectivity index (χ4v) is 2.97. The zero-order valence-electron chi connectivity index (χ0n) is 13.8. The highest BCUT2D eigenvalue weighted by molar-refractivity contribution is 6.30. The van der Waals surface area contributed by atoms with Crippen molar-refractivity contribution in [3.05, 3.63) is 92.0 Å². The van der Waals surface area contributed by atoms with Crippen LogP contribution in [-0.2, 0) is 0 Å². The molecule has 0 aliphatic heterocycles. The van der Waals surface area contributed by atoms with Gasteiger partial charge in [0.15, 0.2) is 0 Å². The van der Waals surface area contributed by atoms with Gasteiger partial charge in [0.1, 0.15) is 22.8 Å². The Morgan fingerprint density at radius 1 is 1.04 bits per heavy atom. The first-order chi connectivity index (χ1) is 13.1. The fraction of sp³-hybridized carbons (Fsp3) is 0. The maximum Gasteiger partial charge on any atom is 0.295 e. The second kappa shape index (κ2) is 6.56. The van der Waals surface area contributed by atoms with E-state index in [2.05, 4.69) is 10.1 Å². The molecule has 7 heteroatoms. The molecule has 0 saturated heterocycles. The van der Waals surface area contributed by atoms with E-state index >= 15 is 0 Å². The minimum absolute atomic E-state index is 0.0859. The van der Waals surface area contributed by atoms with Crippen molar-refractivity contribution in [2.45, 2.75) is 0 Å². The number of fused-ring (bicyclic) bond motifs is 1. The molecule has 0 unspecified atom stereocenters. The number of nitriles is 1. The molecule has 2 aromatic carbocycles. The van der Waals surface area contributed by atoms with Gasteiger partial charge in [-0.1, -0.05) is 41.9 Å². The molecule has 0 amide bonds. The lowest BCUT2D eigenvalue weighted by Gasteiger charge is -2.11. The average molecular weight is 375 g/mol. The van der Waals surface area contributed by atoms with E-state index in [1.54, 1.807) is 48.5 Å². The van der Waals surface area contributed by atoms with Gasteiger partial charge in [0, 0.05) is 16.0 Å². The molecule has 27 heavy (non-hydrogen) atoms. The molecule has 4 rings (SSSR count). The van der Waals surface area contributed by atoms with Crippen LogP contribution in [0.3, 0.4) is 0 Å². The number of pyridine rings is 1. The van der Waals surface area contributed by atoms with Gasteiger partial charge in [0.2, 0.25) is 0 Å². The predicted octanol–water partition coefficient (Wildman–Crippen LogP) is 3.27. The third-order valence-corrected chi connectivity index (χ3v) is 4.39. The zero-order valence-corrected chi connectivity index (χ0v) is 14.6. The quantitative estimate of drug-likeness (QED) is 0.583. The van der Waals surface area contributed by atoms with Crippen LogP contribution in [-0.4, -0.2) is 14.8 Å². The summed E-state index contributed by atoms with van der Waals surface area (Å²) >= 11 is 5.97. The van der Waals surface area contributed by atoms with Crippen molar-refractivity contribution in [2.75, 3.05) is 0 Å². The van der Waals surface area contributed by atoms with Gasteiger partial charge in [-0.2, -0.15) is 15.0 Å². The van der Waals surface area contributed by atoms with Crippen LogP contribution in [0.5, 0.6) is 0 Å². The lowest BCUT2D eigenvalue weighted by Crippen LogP contribution is -2.25. The summed E-state index contributed by atoms with van der Waals surface area (Å²) in [7, 11) is 0. The Bertz CT molecular complexity index is 1320. The fourth-order valence-electron chi connectivity index (χ4n) is 2.84. The molecule has 0 atom stereocenters. The van der Waals surface area contributed by atoms with Crippen molar-refractivity contribution >= 4 is 22.5 Å². The third kappa shape index (κ3) is 2.90. The van der Waals surface area contributed by atoms with Crippen molar-refractivity contribution in [2.24, 2.45) is 0 Å². The van der Waals surface area contributed by atoms with Crippen LogP contribution >= 0.6 is 11.6 Å². The minimum Gasteiger partial charge on any atom is -0.316 e. The van der Waals surface area contributed by atoms with E-state index in [9.17, 15) is 14.9 Å². The van der Waals surface area contributed by atoms with E-state index in [1.807, 2.05) is 12.1 Å². The molecule has 0 bridgehead atoms. The summed E-state index contributed by atoms with van der Waals surface area (Å²) in [4.78, 5) is 27.6. The highest BCUT2D eigenvalue weighted by atomic mass is 35.5. The minimum atomic E-state index is -0.616. The Morgan fingerprint density at radius 3 is 2.41 bits per heavy atom. The molecule has 0 radical (unpaired) electrons. The van der Waals surface area contributed by atoms with Gasteiger partial charge < -0.3 is 4.98 Å². The van der Waals surface area contributed by atoms with Crippen molar-refractivity contribution in [1.82, 2.24) is 14.8 Å². The molecule has 6 nitrogen and oxygen atoms in total. The molecule has 0 saturated carbocycles. The smallest absolute Gasteiger partial charge is 0.295 e. The normalized spacial score (nSPS) is 10.7. The molecule has 130 valence electrons. The van der Waals surface area contributed by atoms with Crippen LogP contribution in [0, 0.1) is 11.3 Å². The van der Waals surface area contributed by atoms with E-state index in [1.165, 1.54) is 10.7 Å². The maximum absolute atomic E-state index is 12.9. The third-order valence-electron chi connectivity index (χ3n) is 4.14. The number of nitrogens with zero attached hydrogens (tertiary/aromatic N) is 3. The first-order valence-electron chi connectivity index (χ1n) is 8.00. The number of halogens is 1. The van der Waals surface area contributed by atoms with Gasteiger partial charge >= 0.3 is 0 Å². The van der Waals surface area contributed by atoms with E-state index in [0.717, 1.165) is 0 Å². The summed E-state index contributed by atoms with van der Waals surface area (Å²) in [5.41, 5.74) is 0.623. The van der Waals surface area contributed by atoms with E-state index in [-0.39, 0.29) is 11.1 Å². The standard InChI is InChI=1S/C20H11ClN4O2/c21-14-8-6-12(7-9-14)17-16-10-13(11-22)19(26)23-18(16)20(27)25(24-17)15-4-2-1-3-5-15/h1-10H,(H,23,26). The zero-order chi connectivity index (χ0) is 19.0. The van der Waals surface area contributed by atoms with Crippen LogP contribution < -0.4 is 11.1 Å². The highest BCUT2D eigenvalue weighted by Gasteiger charge is 2.16. The topological polar surface area (TPSA) is 91.5 Å². The Kier molecular flexibility index (Phi) is 4.07. The largest absolute Gasteiger partial charge is 0.316 e. The van der Waals surface area contributed by atoms with Gasteiger partial charge in [0.25, 0.3) is 11.1 Å². The van der Waals surface area contributed by atoms with E-state index in [0.29, 0.717) is 27.4 Å². The SMILES string of the molecule is N#Cc1cc2c(-c3ccc(Cl)cc3)nn(-c3ccccc3)c(=O)c2[nH]c1=O. The lowest BCUT2D eigenvalue weighted by atomic mass is 10.1. The number of para-hydroxylation sites is 1. The lowest BCUT2D eigenvalue weighted by molar-refractivity contribution is 0.822. The molecule has 0 spiro atoms. The molecule has 2 heterocycles. The van der Waals surface area contributed by atoms with Gasteiger partial charge in [0.05, 0.1) is 5.69 Å². The van der Waals surface area contributed by atoms with Crippen molar-refractivity contribution in [1.29, 1.82) is 5.26 Å². The summed E-state index contributed by atoms with van der Waals surface area (Å²) in [6.45, 7) is 0. The molecule has 0 aliphatic carbocycles. The van der Waals surface area contributed by atoms with Gasteiger partial charge in [-0.15, -0.1) is 0 Å². The van der Waals surface area contributed by atoms with Crippen molar-refractivity contribution in [3.63, 3.8) is 0 Å². The predicted molar refractivity (Wildman–Crippen MR) is 103 cm³/mol. The summed E-state index contributed by atoms with van der Waals surface area (Å²) < 4.78 is 1.23. The van der Waals surface area contributed by atoms with Gasteiger partial charge in [-0.3, -0.25) is 9.59 Å². The van der Waals surface area contributed by atoms with Crippen LogP contribution in [0.15, 0.2) is 70.3 Å². The van der Waals surface area contributed by atoms with Gasteiger partial charge in [-0.25, -0.2) is 0 Å². The summed E-state index contributed by atoms with van der Waals surface area (Å²) in [6.07, 6.45) is 0. The van der Waals surface area contributed by atoms with Gasteiger partial charge in [-0.05, 0) is 30.3 Å². The molecule has 2 aromatic heterocycles. The molecule has 0 fully saturated rings. The van der Waals surface area contributed by atoms with Crippen LogP contribution in [0.2, 0.25) is 5.02 Å². The Morgan fingerprint density at radius 2 is 1.74 bits per heavy atom. The first kappa shape index (κ1) is 16.8. The highest BCUT2D eigenvalue weighted by Crippen LogP contribution is 2.25. The summed E-state index contributed by atoms with van der Waals surface area (Å²) in [5, 5.41) is 14.6. The number of aromatic amines is 1. The number of rotatable bonds is 2. The van der Waals surface area contributed by atoms with Crippen LogP contribution in [0.4, 0.5) is 0 Å². The summed E-state index contributed by atoms with van der Waals surface area (Å²) in [6, 6.07) is 19.1. The Labute approximate surface area is 157 Å². The van der Waals surface area contributed by atoms with E-state index < -0.39 is 11.1 Å². The monoisotopic (exact) mass is 374 g/mol. The van der Waals surface area contributed by atoms with Crippen LogP contribution in [0.25, 0.3) is 27.8 Å². The van der Waals surface area contributed by atoms with Crippen molar-refractivity contribution in [3.8, 4) is 23.0 Å². The maximum atomic E-state index is 12.9. The molecule has 0 aliphatic rings. The molecule has 1 N–H and O–H groups in total. The number of H-pyrrole nitrogens is 1. The van der Waals surface area contributed by atoms with Crippen LogP contribution in [0.1, 0.15) is 5.56 Å². The molecular weight excluding hydrogens is 364 g/mol. The Balaban J connectivity index is 2.15. The number of aromatic nitrogens is 3. The van der Waals surface area contributed by atoms with Crippen molar-refractivity contribution < 1.29 is 0 Å². The second-order valence-electron chi connectivity index (χ2n) is 5.82. The number of benzene rings is 2.